The molecule has 29 heavy (non-hydrogen) atoms. The number of halogens is 2. The maximum absolute atomic E-state index is 12.7. The third-order valence-electron chi connectivity index (χ3n) is 4.27. The number of benzene rings is 2. The first-order chi connectivity index (χ1) is 13.9. The van der Waals surface area contributed by atoms with E-state index in [1.165, 1.54) is 11.3 Å². The first-order valence-electron chi connectivity index (χ1n) is 8.46. The van der Waals surface area contributed by atoms with E-state index in [9.17, 15) is 14.7 Å². The van der Waals surface area contributed by atoms with Crippen molar-refractivity contribution in [1.82, 2.24) is 9.55 Å². The Bertz CT molecular complexity index is 1290. The summed E-state index contributed by atoms with van der Waals surface area (Å²) >= 11 is 7.96. The summed E-state index contributed by atoms with van der Waals surface area (Å²) in [6, 6.07) is 16.4. The third-order valence-corrected chi connectivity index (χ3v) is 7.09. The number of carboxylic acid groups (broad SMARTS) is 1. The van der Waals surface area contributed by atoms with Crippen LogP contribution in [0.3, 0.4) is 0 Å². The summed E-state index contributed by atoms with van der Waals surface area (Å²) in [6.45, 7) is 0.511. The van der Waals surface area contributed by atoms with Gasteiger partial charge in [-0.2, -0.15) is 4.99 Å². The molecule has 0 radical (unpaired) electrons. The van der Waals surface area contributed by atoms with Crippen LogP contribution in [0.15, 0.2) is 68.7 Å². The molecule has 9 heteroatoms. The van der Waals surface area contributed by atoms with E-state index < -0.39 is 11.9 Å². The second-order valence-electron chi connectivity index (χ2n) is 6.21. The molecule has 2 aromatic carbocycles. The van der Waals surface area contributed by atoms with Crippen LogP contribution in [-0.2, 0) is 6.54 Å². The van der Waals surface area contributed by atoms with E-state index in [-0.39, 0.29) is 5.56 Å². The van der Waals surface area contributed by atoms with Gasteiger partial charge in [-0.3, -0.25) is 4.79 Å². The molecule has 0 aliphatic carbocycles. The lowest BCUT2D eigenvalue weighted by Gasteiger charge is -2.05. The minimum Gasteiger partial charge on any atom is -0.478 e. The van der Waals surface area contributed by atoms with Crippen LogP contribution in [0.4, 0.5) is 0 Å². The van der Waals surface area contributed by atoms with E-state index in [4.69, 9.17) is 0 Å². The van der Waals surface area contributed by atoms with Crippen molar-refractivity contribution in [3.63, 3.8) is 0 Å². The molecule has 2 heterocycles. The quantitative estimate of drug-likeness (QED) is 0.384. The van der Waals surface area contributed by atoms with Gasteiger partial charge in [0.2, 0.25) is 0 Å². The lowest BCUT2D eigenvalue weighted by atomic mass is 10.2. The topological polar surface area (TPSA) is 87.4 Å². The number of carbonyl (C=O) groups is 2. The summed E-state index contributed by atoms with van der Waals surface area (Å²) < 4.78 is 4.07. The highest BCUT2D eigenvalue weighted by molar-refractivity contribution is 9.13. The summed E-state index contributed by atoms with van der Waals surface area (Å²) in [6.07, 6.45) is 0. The lowest BCUT2D eigenvalue weighted by Crippen LogP contribution is -2.17. The number of aromatic carboxylic acids is 1. The number of amides is 1. The Balaban J connectivity index is 1.87. The maximum Gasteiger partial charge on any atom is 0.335 e. The average molecular weight is 535 g/mol. The molecular weight excluding hydrogens is 522 g/mol. The molecule has 4 aromatic rings. The Morgan fingerprint density at radius 2 is 1.86 bits per heavy atom. The molecule has 2 aromatic heterocycles. The molecule has 0 saturated heterocycles. The first-order valence-corrected chi connectivity index (χ1v) is 10.9. The zero-order valence-corrected chi connectivity index (χ0v) is 18.7. The Kier molecular flexibility index (Phi) is 5.53. The summed E-state index contributed by atoms with van der Waals surface area (Å²) in [7, 11) is 0. The van der Waals surface area contributed by atoms with Gasteiger partial charge in [0.1, 0.15) is 5.69 Å². The van der Waals surface area contributed by atoms with Crippen molar-refractivity contribution in [2.24, 2.45) is 4.99 Å². The molecule has 4 rings (SSSR count). The van der Waals surface area contributed by atoms with Gasteiger partial charge >= 0.3 is 5.97 Å². The van der Waals surface area contributed by atoms with Gasteiger partial charge in [-0.05, 0) is 61.7 Å². The molecule has 0 saturated carbocycles. The normalized spacial score (nSPS) is 11.9. The highest BCUT2D eigenvalue weighted by Crippen LogP contribution is 2.24. The van der Waals surface area contributed by atoms with Gasteiger partial charge in [-0.1, -0.05) is 41.7 Å². The standard InChI is InChI=1S/C20H13Br2N3O3S/c21-13-9-14(23-17(13)22)18(26)24-20-25(10-11-4-2-1-3-5-11)15-7-6-12(19(27)28)8-16(15)29-20/h1-9,23H,10H2,(H,27,28). The van der Waals surface area contributed by atoms with Crippen molar-refractivity contribution in [2.75, 3.05) is 0 Å². The molecule has 0 atom stereocenters. The Labute approximate surface area is 185 Å². The van der Waals surface area contributed by atoms with Gasteiger partial charge in [-0.15, -0.1) is 0 Å². The monoisotopic (exact) mass is 533 g/mol. The number of thiazole rings is 1. The molecular formula is C20H13Br2N3O3S. The Hall–Kier alpha value is -2.49. The number of aromatic nitrogens is 2. The molecule has 0 aliphatic rings. The zero-order chi connectivity index (χ0) is 20.5. The molecule has 1 amide bonds. The minimum atomic E-state index is -0.995. The van der Waals surface area contributed by atoms with Crippen molar-refractivity contribution in [3.05, 3.63) is 85.3 Å². The fourth-order valence-electron chi connectivity index (χ4n) is 2.88. The van der Waals surface area contributed by atoms with Gasteiger partial charge < -0.3 is 14.7 Å². The fourth-order valence-corrected chi connectivity index (χ4v) is 4.60. The van der Waals surface area contributed by atoms with Gasteiger partial charge in [0, 0.05) is 0 Å². The number of nitrogens with zero attached hydrogens (tertiary/aromatic N) is 2. The smallest absolute Gasteiger partial charge is 0.335 e. The number of rotatable bonds is 4. The van der Waals surface area contributed by atoms with Crippen LogP contribution in [0, 0.1) is 0 Å². The van der Waals surface area contributed by atoms with Crippen LogP contribution >= 0.6 is 43.2 Å². The Morgan fingerprint density at radius 1 is 1.10 bits per heavy atom. The second kappa shape index (κ2) is 8.10. The largest absolute Gasteiger partial charge is 0.478 e. The number of aromatic amines is 1. The molecule has 146 valence electrons. The van der Waals surface area contributed by atoms with Crippen molar-refractivity contribution in [2.45, 2.75) is 6.54 Å². The van der Waals surface area contributed by atoms with E-state index in [2.05, 4.69) is 41.8 Å². The predicted molar refractivity (Wildman–Crippen MR) is 118 cm³/mol. The fraction of sp³-hybridized carbons (Fsp3) is 0.0500. The number of hydrogen-bond acceptors (Lipinski definition) is 3. The zero-order valence-electron chi connectivity index (χ0n) is 14.7. The second-order valence-corrected chi connectivity index (χ2v) is 8.86. The average Bonchev–Trinajstić information content (AvgIpc) is 3.22. The van der Waals surface area contributed by atoms with Crippen LogP contribution < -0.4 is 4.80 Å². The van der Waals surface area contributed by atoms with E-state index in [1.807, 2.05) is 34.9 Å². The summed E-state index contributed by atoms with van der Waals surface area (Å²) in [5, 5.41) is 9.29. The van der Waals surface area contributed by atoms with Crippen LogP contribution in [0.25, 0.3) is 10.2 Å². The van der Waals surface area contributed by atoms with Gasteiger partial charge in [-0.25, -0.2) is 4.79 Å². The summed E-state index contributed by atoms with van der Waals surface area (Å²) in [4.78, 5) is 31.8. The molecule has 0 aliphatic heterocycles. The predicted octanol–water partition coefficient (Wildman–Crippen LogP) is 5.04. The molecule has 0 unspecified atom stereocenters. The molecule has 6 nitrogen and oxygen atoms in total. The van der Waals surface area contributed by atoms with Gasteiger partial charge in [0.15, 0.2) is 4.80 Å². The number of carboxylic acids is 1. The molecule has 0 bridgehead atoms. The van der Waals surface area contributed by atoms with Crippen molar-refractivity contribution in [1.29, 1.82) is 0 Å². The number of H-pyrrole nitrogens is 1. The van der Waals surface area contributed by atoms with E-state index >= 15 is 0 Å². The molecule has 2 N–H and O–H groups in total. The van der Waals surface area contributed by atoms with Crippen LogP contribution in [0.2, 0.25) is 0 Å². The van der Waals surface area contributed by atoms with E-state index in [1.54, 1.807) is 24.3 Å². The number of hydrogen-bond donors (Lipinski definition) is 2. The Morgan fingerprint density at radius 3 is 2.52 bits per heavy atom. The summed E-state index contributed by atoms with van der Waals surface area (Å²) in [5.41, 5.74) is 2.41. The number of nitrogens with one attached hydrogen (secondary N) is 1. The molecule has 0 spiro atoms. The maximum atomic E-state index is 12.7. The van der Waals surface area contributed by atoms with Crippen LogP contribution in [0.1, 0.15) is 26.4 Å². The van der Waals surface area contributed by atoms with Gasteiger partial charge in [0.05, 0.1) is 31.4 Å². The van der Waals surface area contributed by atoms with Crippen molar-refractivity contribution >= 4 is 65.3 Å². The summed E-state index contributed by atoms with van der Waals surface area (Å²) in [5.74, 6) is -1.41. The third kappa shape index (κ3) is 4.12. The van der Waals surface area contributed by atoms with Gasteiger partial charge in [0.25, 0.3) is 5.91 Å². The number of carbonyl (C=O) groups excluding carboxylic acids is 1. The van der Waals surface area contributed by atoms with Crippen molar-refractivity contribution < 1.29 is 14.7 Å². The SMILES string of the molecule is O=C(O)c1ccc2c(c1)sc(=NC(=O)c1cc(Br)c(Br)[nH]1)n2Cc1ccccc1. The van der Waals surface area contributed by atoms with E-state index in [0.717, 1.165) is 20.3 Å². The number of fused-ring (bicyclic) bond motifs is 1. The highest BCUT2D eigenvalue weighted by Gasteiger charge is 2.14. The van der Waals surface area contributed by atoms with Crippen LogP contribution in [-0.4, -0.2) is 26.5 Å². The van der Waals surface area contributed by atoms with E-state index in [0.29, 0.717) is 21.6 Å². The minimum absolute atomic E-state index is 0.195. The van der Waals surface area contributed by atoms with Crippen molar-refractivity contribution in [3.8, 4) is 0 Å². The lowest BCUT2D eigenvalue weighted by molar-refractivity contribution is 0.0697. The van der Waals surface area contributed by atoms with Crippen LogP contribution in [0.5, 0.6) is 0 Å². The highest BCUT2D eigenvalue weighted by atomic mass is 79.9. The first kappa shape index (κ1) is 19.8. The molecule has 0 fully saturated rings.